The van der Waals surface area contributed by atoms with Crippen LogP contribution in [0.15, 0.2) is 54.6 Å². The van der Waals surface area contributed by atoms with E-state index in [-0.39, 0.29) is 12.1 Å². The van der Waals surface area contributed by atoms with Gasteiger partial charge in [0, 0.05) is 12.2 Å². The Labute approximate surface area is 125 Å². The van der Waals surface area contributed by atoms with Crippen molar-refractivity contribution in [3.05, 3.63) is 65.7 Å². The molecule has 3 nitrogen and oxygen atoms in total. The maximum Gasteiger partial charge on any atom is 0.322 e. The Kier molecular flexibility index (Phi) is 3.91. The van der Waals surface area contributed by atoms with Crippen molar-refractivity contribution in [2.45, 2.75) is 25.8 Å². The zero-order valence-corrected chi connectivity index (χ0v) is 12.3. The Morgan fingerprint density at radius 2 is 1.81 bits per heavy atom. The summed E-state index contributed by atoms with van der Waals surface area (Å²) in [7, 11) is 0. The number of hydrogen-bond acceptors (Lipinski definition) is 1. The number of benzene rings is 2. The van der Waals surface area contributed by atoms with Crippen LogP contribution in [-0.2, 0) is 0 Å². The van der Waals surface area contributed by atoms with Gasteiger partial charge < -0.3 is 10.2 Å². The molecule has 2 amide bonds. The van der Waals surface area contributed by atoms with E-state index in [1.165, 1.54) is 11.1 Å². The highest BCUT2D eigenvalue weighted by Crippen LogP contribution is 2.32. The molecule has 1 fully saturated rings. The minimum Gasteiger partial charge on any atom is -0.317 e. The Morgan fingerprint density at radius 1 is 1.10 bits per heavy atom. The van der Waals surface area contributed by atoms with E-state index in [1.54, 1.807) is 0 Å². The molecule has 3 heteroatoms. The number of nitrogens with zero attached hydrogens (tertiary/aromatic N) is 1. The molecule has 2 aromatic carbocycles. The van der Waals surface area contributed by atoms with Crippen LogP contribution >= 0.6 is 0 Å². The van der Waals surface area contributed by atoms with Gasteiger partial charge in [-0.05, 0) is 37.5 Å². The molecule has 0 saturated carbocycles. The summed E-state index contributed by atoms with van der Waals surface area (Å²) in [6.07, 6.45) is 2.09. The topological polar surface area (TPSA) is 32.3 Å². The third kappa shape index (κ3) is 3.07. The Bertz CT molecular complexity index is 607. The van der Waals surface area contributed by atoms with E-state index in [2.05, 4.69) is 17.4 Å². The molecular formula is C18H20N2O. The van der Waals surface area contributed by atoms with Crippen molar-refractivity contribution in [1.29, 1.82) is 0 Å². The molecule has 1 N–H and O–H groups in total. The normalized spacial score (nSPS) is 17.8. The van der Waals surface area contributed by atoms with Gasteiger partial charge in [-0.2, -0.15) is 0 Å². The molecule has 0 spiro atoms. The van der Waals surface area contributed by atoms with E-state index in [0.717, 1.165) is 25.1 Å². The summed E-state index contributed by atoms with van der Waals surface area (Å²) in [4.78, 5) is 14.4. The minimum absolute atomic E-state index is 0.00907. The van der Waals surface area contributed by atoms with Gasteiger partial charge in [0.2, 0.25) is 0 Å². The minimum atomic E-state index is -0.00907. The van der Waals surface area contributed by atoms with Crippen LogP contribution in [0, 0.1) is 6.92 Å². The van der Waals surface area contributed by atoms with Crippen molar-refractivity contribution < 1.29 is 4.79 Å². The fourth-order valence-corrected chi connectivity index (χ4v) is 2.86. The molecule has 1 saturated heterocycles. The summed E-state index contributed by atoms with van der Waals surface area (Å²) < 4.78 is 0. The van der Waals surface area contributed by atoms with Crippen LogP contribution in [0.25, 0.3) is 0 Å². The predicted octanol–water partition coefficient (Wildman–Crippen LogP) is 4.36. The molecule has 0 bridgehead atoms. The van der Waals surface area contributed by atoms with Crippen molar-refractivity contribution in [1.82, 2.24) is 4.90 Å². The fourth-order valence-electron chi connectivity index (χ4n) is 2.86. The molecule has 108 valence electrons. The van der Waals surface area contributed by atoms with E-state index in [9.17, 15) is 4.79 Å². The van der Waals surface area contributed by atoms with Gasteiger partial charge in [-0.25, -0.2) is 4.79 Å². The molecule has 1 unspecified atom stereocenters. The lowest BCUT2D eigenvalue weighted by atomic mass is 10.1. The van der Waals surface area contributed by atoms with Crippen LogP contribution in [0.5, 0.6) is 0 Å². The predicted molar refractivity (Wildman–Crippen MR) is 85.3 cm³/mol. The second kappa shape index (κ2) is 6.00. The number of urea groups is 1. The highest BCUT2D eigenvalue weighted by Gasteiger charge is 2.29. The highest BCUT2D eigenvalue weighted by molar-refractivity contribution is 5.89. The van der Waals surface area contributed by atoms with E-state index >= 15 is 0 Å². The maximum atomic E-state index is 12.5. The molecule has 1 heterocycles. The average Bonchev–Trinajstić information content (AvgIpc) is 3.00. The number of hydrogen-bond donors (Lipinski definition) is 1. The molecule has 1 atom stereocenters. The van der Waals surface area contributed by atoms with Crippen LogP contribution < -0.4 is 5.32 Å². The van der Waals surface area contributed by atoms with E-state index in [4.69, 9.17) is 0 Å². The molecule has 1 aliphatic rings. The van der Waals surface area contributed by atoms with Crippen molar-refractivity contribution in [3.63, 3.8) is 0 Å². The maximum absolute atomic E-state index is 12.5. The third-order valence-electron chi connectivity index (χ3n) is 4.00. The first kappa shape index (κ1) is 13.7. The van der Waals surface area contributed by atoms with E-state index in [0.29, 0.717) is 0 Å². The smallest absolute Gasteiger partial charge is 0.317 e. The first-order chi connectivity index (χ1) is 10.2. The van der Waals surface area contributed by atoms with Crippen LogP contribution in [0.3, 0.4) is 0 Å². The Balaban J connectivity index is 1.73. The molecule has 2 aromatic rings. The molecule has 0 radical (unpaired) electrons. The number of carbonyl (C=O) groups is 1. The van der Waals surface area contributed by atoms with Gasteiger partial charge in [-0.1, -0.05) is 48.0 Å². The summed E-state index contributed by atoms with van der Waals surface area (Å²) in [6, 6.07) is 18.4. The molecule has 1 aliphatic heterocycles. The zero-order valence-electron chi connectivity index (χ0n) is 12.3. The monoisotopic (exact) mass is 280 g/mol. The Hall–Kier alpha value is -2.29. The largest absolute Gasteiger partial charge is 0.322 e. The SMILES string of the molecule is Cc1ccc(NC(=O)N2CCCC2c2ccccc2)cc1. The summed E-state index contributed by atoms with van der Waals surface area (Å²) in [5.41, 5.74) is 3.26. The van der Waals surface area contributed by atoms with Crippen LogP contribution in [-0.4, -0.2) is 17.5 Å². The number of amides is 2. The molecule has 21 heavy (non-hydrogen) atoms. The second-order valence-corrected chi connectivity index (χ2v) is 5.56. The van der Waals surface area contributed by atoms with Gasteiger partial charge in [0.15, 0.2) is 0 Å². The molecule has 0 aromatic heterocycles. The van der Waals surface area contributed by atoms with Crippen molar-refractivity contribution in [2.24, 2.45) is 0 Å². The van der Waals surface area contributed by atoms with Crippen molar-refractivity contribution >= 4 is 11.7 Å². The van der Waals surface area contributed by atoms with Gasteiger partial charge in [-0.15, -0.1) is 0 Å². The van der Waals surface area contributed by atoms with Gasteiger partial charge in [-0.3, -0.25) is 0 Å². The zero-order chi connectivity index (χ0) is 14.7. The van der Waals surface area contributed by atoms with Crippen LogP contribution in [0.4, 0.5) is 10.5 Å². The van der Waals surface area contributed by atoms with Gasteiger partial charge in [0.05, 0.1) is 6.04 Å². The number of aryl methyl sites for hydroxylation is 1. The van der Waals surface area contributed by atoms with E-state index < -0.39 is 0 Å². The number of nitrogens with one attached hydrogen (secondary N) is 1. The second-order valence-electron chi connectivity index (χ2n) is 5.56. The average molecular weight is 280 g/mol. The van der Waals surface area contributed by atoms with Crippen molar-refractivity contribution in [2.75, 3.05) is 11.9 Å². The Morgan fingerprint density at radius 3 is 2.52 bits per heavy atom. The number of likely N-dealkylation sites (tertiary alicyclic amines) is 1. The van der Waals surface area contributed by atoms with Crippen LogP contribution in [0.1, 0.15) is 30.0 Å². The van der Waals surface area contributed by atoms with Gasteiger partial charge in [0.25, 0.3) is 0 Å². The molecule has 3 rings (SSSR count). The summed E-state index contributed by atoms with van der Waals surface area (Å²) >= 11 is 0. The first-order valence-electron chi connectivity index (χ1n) is 7.43. The lowest BCUT2D eigenvalue weighted by Crippen LogP contribution is -2.34. The lowest BCUT2D eigenvalue weighted by molar-refractivity contribution is 0.207. The summed E-state index contributed by atoms with van der Waals surface area (Å²) in [6.45, 7) is 2.86. The van der Waals surface area contributed by atoms with Gasteiger partial charge in [0.1, 0.15) is 0 Å². The number of carbonyl (C=O) groups excluding carboxylic acids is 1. The standard InChI is InChI=1S/C18H20N2O/c1-14-9-11-16(12-10-14)19-18(21)20-13-5-8-17(20)15-6-3-2-4-7-15/h2-4,6-7,9-12,17H,5,8,13H2,1H3,(H,19,21). The highest BCUT2D eigenvalue weighted by atomic mass is 16.2. The van der Waals surface area contributed by atoms with E-state index in [1.807, 2.05) is 54.3 Å². The molecular weight excluding hydrogens is 260 g/mol. The number of rotatable bonds is 2. The number of anilines is 1. The van der Waals surface area contributed by atoms with Crippen molar-refractivity contribution in [3.8, 4) is 0 Å². The third-order valence-corrected chi connectivity index (χ3v) is 4.00. The van der Waals surface area contributed by atoms with Crippen LogP contribution in [0.2, 0.25) is 0 Å². The first-order valence-corrected chi connectivity index (χ1v) is 7.43. The summed E-state index contributed by atoms with van der Waals surface area (Å²) in [5.74, 6) is 0. The van der Waals surface area contributed by atoms with Gasteiger partial charge >= 0.3 is 6.03 Å². The fraction of sp³-hybridized carbons (Fsp3) is 0.278. The summed E-state index contributed by atoms with van der Waals surface area (Å²) in [5, 5.41) is 3.00. The lowest BCUT2D eigenvalue weighted by Gasteiger charge is -2.25. The quantitative estimate of drug-likeness (QED) is 0.870. The molecule has 0 aliphatic carbocycles.